The Morgan fingerprint density at radius 3 is 1.58 bits per heavy atom. The van der Waals surface area contributed by atoms with Gasteiger partial charge in [-0.25, -0.2) is 0 Å². The average molecular weight is 558 g/mol. The third-order valence-corrected chi connectivity index (χ3v) is 22.9. The Bertz CT molecular complexity index is 1170. The van der Waals surface area contributed by atoms with Crippen LogP contribution in [0.15, 0.2) is 112 Å². The minimum absolute atomic E-state index is 0.297. The van der Waals surface area contributed by atoms with Gasteiger partial charge in [0.2, 0.25) is 0 Å². The molecule has 0 aromatic heterocycles. The van der Waals surface area contributed by atoms with Gasteiger partial charge in [-0.1, -0.05) is 60.7 Å². The van der Waals surface area contributed by atoms with Crippen molar-refractivity contribution in [2.24, 2.45) is 5.92 Å². The first-order valence-corrected chi connectivity index (χ1v) is 22.5. The van der Waals surface area contributed by atoms with Crippen molar-refractivity contribution in [1.29, 1.82) is 0 Å². The topological polar surface area (TPSA) is 12.0 Å². The van der Waals surface area contributed by atoms with E-state index in [1.54, 1.807) is 21.9 Å². The molecule has 0 heterocycles. The van der Waals surface area contributed by atoms with E-state index in [1.807, 2.05) is 16.0 Å². The van der Waals surface area contributed by atoms with Crippen LogP contribution in [0.1, 0.15) is 66.2 Å². The summed E-state index contributed by atoms with van der Waals surface area (Å²) in [6.45, 7) is 9.61. The number of allylic oxidation sites excluding steroid dienone is 4. The zero-order valence-electron chi connectivity index (χ0n) is 24.3. The maximum absolute atomic E-state index is 4.43. The number of hydrogen-bond acceptors (Lipinski definition) is 1. The summed E-state index contributed by atoms with van der Waals surface area (Å²) >= 11 is -2.29. The zero-order valence-corrected chi connectivity index (χ0v) is 27.2. The largest absolute Gasteiger partial charge is 0.0622 e. The first kappa shape index (κ1) is 29.0. The van der Waals surface area contributed by atoms with E-state index < -0.39 is 16.1 Å². The van der Waals surface area contributed by atoms with Crippen LogP contribution in [0.5, 0.6) is 0 Å². The van der Waals surface area contributed by atoms with Crippen molar-refractivity contribution >= 4 is 12.6 Å². The van der Waals surface area contributed by atoms with Crippen LogP contribution in [0.25, 0.3) is 11.1 Å². The summed E-state index contributed by atoms with van der Waals surface area (Å²) in [5.41, 5.74) is 7.39. The molecule has 1 fully saturated rings. The first-order valence-electron chi connectivity index (χ1n) is 14.7. The summed E-state index contributed by atoms with van der Waals surface area (Å²) in [7, 11) is -0.297. The average Bonchev–Trinajstić information content (AvgIpc) is 3.12. The van der Waals surface area contributed by atoms with Gasteiger partial charge in [0.1, 0.15) is 0 Å². The molecule has 2 aliphatic rings. The van der Waals surface area contributed by atoms with Gasteiger partial charge in [-0.3, -0.25) is 0 Å². The Morgan fingerprint density at radius 2 is 1.13 bits per heavy atom. The quantitative estimate of drug-likeness (QED) is 0.237. The fourth-order valence-electron chi connectivity index (χ4n) is 6.62. The first-order chi connectivity index (χ1) is 18.4. The van der Waals surface area contributed by atoms with Crippen LogP contribution in [-0.4, -0.2) is 13.4 Å². The Morgan fingerprint density at radius 1 is 0.658 bits per heavy atom. The van der Waals surface area contributed by atoms with E-state index >= 15 is 0 Å². The predicted molar refractivity (Wildman–Crippen MR) is 167 cm³/mol. The molecule has 0 aliphatic heterocycles. The van der Waals surface area contributed by atoms with Crippen LogP contribution in [-0.2, 0) is 16.1 Å². The zero-order chi connectivity index (χ0) is 27.0. The third-order valence-electron chi connectivity index (χ3n) is 8.89. The smallest absolute Gasteiger partial charge is 0.0184 e. The monoisotopic (exact) mass is 557 g/mol. The van der Waals surface area contributed by atoms with Gasteiger partial charge in [0, 0.05) is 0 Å². The van der Waals surface area contributed by atoms with Gasteiger partial charge in [0.05, 0.1) is 0 Å². The van der Waals surface area contributed by atoms with Crippen molar-refractivity contribution in [1.82, 2.24) is 3.80 Å². The molecule has 38 heavy (non-hydrogen) atoms. The van der Waals surface area contributed by atoms with Crippen molar-refractivity contribution in [3.63, 3.8) is 0 Å². The minimum atomic E-state index is -2.29. The Hall–Kier alpha value is -1.97. The fraction of sp³-hybridized carbons (Fsp3) is 0.371. The van der Waals surface area contributed by atoms with E-state index in [9.17, 15) is 0 Å². The Labute approximate surface area is 237 Å². The van der Waals surface area contributed by atoms with E-state index in [0.29, 0.717) is 5.92 Å². The second kappa shape index (κ2) is 13.9. The van der Waals surface area contributed by atoms with Crippen molar-refractivity contribution < 1.29 is 16.1 Å². The van der Waals surface area contributed by atoms with E-state index in [2.05, 4.69) is 116 Å². The van der Waals surface area contributed by atoms with E-state index in [-0.39, 0.29) is 7.39 Å². The molecule has 5 rings (SSSR count). The Balaban J connectivity index is 0.000000232. The Kier molecular flexibility index (Phi) is 10.6. The summed E-state index contributed by atoms with van der Waals surface area (Å²) in [5, 5.41) is 4.37. The van der Waals surface area contributed by atoms with Crippen LogP contribution in [0.2, 0.25) is 5.23 Å². The van der Waals surface area contributed by atoms with Crippen LogP contribution >= 0.6 is 0 Å². The van der Waals surface area contributed by atoms with Crippen LogP contribution in [0.3, 0.4) is 0 Å². The van der Waals surface area contributed by atoms with Gasteiger partial charge in [0.25, 0.3) is 0 Å². The second-order valence-corrected chi connectivity index (χ2v) is 25.7. The van der Waals surface area contributed by atoms with Crippen LogP contribution in [0.4, 0.5) is 0 Å². The number of rotatable bonds is 6. The summed E-state index contributed by atoms with van der Waals surface area (Å²) in [6.07, 6.45) is 8.53. The molecule has 0 bridgehead atoms. The molecule has 0 radical (unpaired) electrons. The summed E-state index contributed by atoms with van der Waals surface area (Å²) in [5.74, 6) is 0.662. The predicted octanol–water partition coefficient (Wildman–Crippen LogP) is 8.44. The maximum Gasteiger partial charge on any atom is -0.0184 e. The van der Waals surface area contributed by atoms with Gasteiger partial charge in [-0.2, -0.15) is 0 Å². The van der Waals surface area contributed by atoms with E-state index in [1.165, 1.54) is 49.7 Å². The molecule has 3 aromatic rings. The number of benzene rings is 3. The molecule has 2 unspecified atom stereocenters. The molecule has 0 spiro atoms. The molecule has 3 heteroatoms. The van der Waals surface area contributed by atoms with Crippen LogP contribution in [0, 0.1) is 5.92 Å². The number of nitrogens with one attached hydrogen (secondary N) is 1. The van der Waals surface area contributed by atoms with Crippen molar-refractivity contribution in [2.75, 3.05) is 0 Å². The van der Waals surface area contributed by atoms with Gasteiger partial charge >= 0.3 is 167 Å². The molecule has 1 N–H and O–H groups in total. The standard InChI is InChI=1S/C12H10.C9H13.C7H14N.C6H7Si.CH3.Ti/c1-3-7-11(8-4-1)12-9-5-2-6-10-12;1-6-5-7(2)9(4)8(6)3;8-7-5-3-1-2-4-6-7;7-6-4-2-1-3-5-6;;/h1-10H;6H,1-4H3;7-8H,1-6H2;1-5H,7H2;1H3;/q;;-1;;;+1. The fourth-order valence-corrected chi connectivity index (χ4v) is 23.6. The summed E-state index contributed by atoms with van der Waals surface area (Å²) < 4.78 is 6.30. The minimum Gasteiger partial charge on any atom is -0.0622 e. The molecule has 3 aromatic carbocycles. The molecule has 2 aliphatic carbocycles. The van der Waals surface area contributed by atoms with Gasteiger partial charge < -0.3 is 0 Å². The molecule has 0 saturated heterocycles. The summed E-state index contributed by atoms with van der Waals surface area (Å²) in [6, 6.07) is 33.0. The SMILES string of the molecule is CC1=C(C)C(C)[C]([Ti]([CH3])([NH]C2CCCCCC2)[SiH2]c2ccccc2)=C1C.c1ccc(-c2ccccc2)cc1. The summed E-state index contributed by atoms with van der Waals surface area (Å²) in [4.78, 5) is 0. The van der Waals surface area contributed by atoms with Gasteiger partial charge in [-0.05, 0) is 11.1 Å². The van der Waals surface area contributed by atoms with Gasteiger partial charge in [-0.15, -0.1) is 0 Å². The van der Waals surface area contributed by atoms with Gasteiger partial charge in [0.15, 0.2) is 0 Å². The molecule has 1 nitrogen and oxygen atoms in total. The molecular formula is C35H47NSiTi. The second-order valence-electron chi connectivity index (χ2n) is 11.6. The van der Waals surface area contributed by atoms with Crippen molar-refractivity contribution in [3.8, 4) is 11.1 Å². The molecule has 1 saturated carbocycles. The van der Waals surface area contributed by atoms with Crippen molar-refractivity contribution in [2.45, 2.75) is 77.5 Å². The van der Waals surface area contributed by atoms with Crippen molar-refractivity contribution in [3.05, 3.63) is 112 Å². The maximum atomic E-state index is 4.43. The third kappa shape index (κ3) is 7.36. The molecule has 200 valence electrons. The van der Waals surface area contributed by atoms with E-state index in [0.717, 1.165) is 6.04 Å². The molecule has 2 atom stereocenters. The normalized spacial score (nSPS) is 20.3. The van der Waals surface area contributed by atoms with E-state index in [4.69, 9.17) is 0 Å². The molecule has 0 amide bonds. The number of hydrogen-bond donors (Lipinski definition) is 1. The van der Waals surface area contributed by atoms with Crippen LogP contribution < -0.4 is 8.99 Å². The molecular weight excluding hydrogens is 510 g/mol.